The molecule has 0 bridgehead atoms. The van der Waals surface area contributed by atoms with Crippen molar-refractivity contribution in [3.05, 3.63) is 20.8 Å². The number of carbonyl (C=O) groups excluding carboxylic acids is 5. The minimum absolute atomic E-state index is 0.179. The summed E-state index contributed by atoms with van der Waals surface area (Å²) in [5.41, 5.74) is 0.541. The van der Waals surface area contributed by atoms with E-state index < -0.39 is 60.3 Å². The molecule has 2 aromatic heterocycles. The van der Waals surface area contributed by atoms with Crippen molar-refractivity contribution in [1.82, 2.24) is 9.97 Å². The second kappa shape index (κ2) is 13.3. The van der Waals surface area contributed by atoms with Gasteiger partial charge < -0.3 is 18.9 Å². The number of aryl methyl sites for hydroxylation is 2. The number of aromatic amines is 1. The molecule has 0 radical (unpaired) electrons. The van der Waals surface area contributed by atoms with Gasteiger partial charge in [-0.15, -0.1) is 11.3 Å². The van der Waals surface area contributed by atoms with E-state index in [9.17, 15) is 28.8 Å². The zero-order chi connectivity index (χ0) is 29.6. The van der Waals surface area contributed by atoms with Crippen LogP contribution in [0.2, 0.25) is 0 Å². The number of amides is 1. The van der Waals surface area contributed by atoms with Gasteiger partial charge in [0, 0.05) is 39.5 Å². The molecule has 40 heavy (non-hydrogen) atoms. The predicted octanol–water partition coefficient (Wildman–Crippen LogP) is 1.56. The Morgan fingerprint density at radius 3 is 2.23 bits per heavy atom. The Hall–Kier alpha value is -4.14. The average Bonchev–Trinajstić information content (AvgIpc) is 3.23. The van der Waals surface area contributed by atoms with Crippen molar-refractivity contribution in [2.24, 2.45) is 5.10 Å². The number of hydrogen-bond acceptors (Lipinski definition) is 13. The molecule has 3 rings (SSSR count). The number of rotatable bonds is 10. The van der Waals surface area contributed by atoms with Gasteiger partial charge in [0.2, 0.25) is 11.9 Å². The maximum absolute atomic E-state index is 13.0. The number of hydrazone groups is 1. The average molecular weight is 579 g/mol. The van der Waals surface area contributed by atoms with Gasteiger partial charge in [0.05, 0.1) is 11.6 Å². The van der Waals surface area contributed by atoms with E-state index in [1.54, 1.807) is 0 Å². The molecule has 1 N–H and O–H groups in total. The van der Waals surface area contributed by atoms with Crippen molar-refractivity contribution in [2.45, 2.75) is 78.6 Å². The lowest BCUT2D eigenvalue weighted by Gasteiger charge is -2.30. The SMILES string of the molecule is CC(=O)OC[C@@H](OC(C)=O)[C@@H](OC(C)=O)[C@@H](/C=N/N(C(C)=O)c1nc2sc3c(c2c(=O)[nH]1)CCCC3)OC(C)=O. The molecule has 0 saturated heterocycles. The van der Waals surface area contributed by atoms with Crippen molar-refractivity contribution >= 4 is 63.5 Å². The number of carbonyl (C=O) groups is 5. The molecule has 14 nitrogen and oxygen atoms in total. The first-order chi connectivity index (χ1) is 18.9. The highest BCUT2D eigenvalue weighted by molar-refractivity contribution is 7.18. The minimum Gasteiger partial charge on any atom is -0.462 e. The van der Waals surface area contributed by atoms with Gasteiger partial charge >= 0.3 is 23.9 Å². The first-order valence-corrected chi connectivity index (χ1v) is 13.2. The lowest BCUT2D eigenvalue weighted by Crippen LogP contribution is -2.48. The van der Waals surface area contributed by atoms with Crippen LogP contribution in [-0.4, -0.2) is 70.9 Å². The van der Waals surface area contributed by atoms with E-state index in [-0.39, 0.29) is 5.95 Å². The van der Waals surface area contributed by atoms with Gasteiger partial charge in [-0.25, -0.2) is 4.98 Å². The second-order valence-electron chi connectivity index (χ2n) is 8.97. The van der Waals surface area contributed by atoms with Crippen molar-refractivity contribution < 1.29 is 42.9 Å². The van der Waals surface area contributed by atoms with Crippen LogP contribution in [0, 0.1) is 0 Å². The third kappa shape index (κ3) is 7.71. The Kier molecular flexibility index (Phi) is 10.1. The number of nitrogens with zero attached hydrogens (tertiary/aromatic N) is 3. The predicted molar refractivity (Wildman–Crippen MR) is 142 cm³/mol. The zero-order valence-electron chi connectivity index (χ0n) is 22.7. The van der Waals surface area contributed by atoms with Crippen molar-refractivity contribution in [1.29, 1.82) is 0 Å². The summed E-state index contributed by atoms with van der Waals surface area (Å²) in [6.07, 6.45) is 0.111. The van der Waals surface area contributed by atoms with Crippen LogP contribution >= 0.6 is 11.3 Å². The van der Waals surface area contributed by atoms with Crippen molar-refractivity contribution in [2.75, 3.05) is 11.6 Å². The van der Waals surface area contributed by atoms with E-state index in [0.29, 0.717) is 10.2 Å². The number of H-pyrrole nitrogens is 1. The zero-order valence-corrected chi connectivity index (χ0v) is 23.5. The molecule has 0 fully saturated rings. The fourth-order valence-electron chi connectivity index (χ4n) is 4.20. The van der Waals surface area contributed by atoms with Gasteiger partial charge in [-0.1, -0.05) is 0 Å². The fourth-order valence-corrected chi connectivity index (χ4v) is 5.46. The topological polar surface area (TPSA) is 184 Å². The van der Waals surface area contributed by atoms with Crippen LogP contribution in [0.5, 0.6) is 0 Å². The molecule has 15 heteroatoms. The number of ether oxygens (including phenoxy) is 4. The number of hydrogen-bond donors (Lipinski definition) is 1. The van der Waals surface area contributed by atoms with Gasteiger partial charge in [0.1, 0.15) is 11.4 Å². The third-order valence-corrected chi connectivity index (χ3v) is 6.89. The first kappa shape index (κ1) is 30.4. The van der Waals surface area contributed by atoms with Gasteiger partial charge in [-0.05, 0) is 31.2 Å². The number of aromatic nitrogens is 2. The standard InChI is InChI=1S/C25H30N4O10S/c1-12(30)29(25-27-23(35)21-17-8-6-7-9-20(17)40-24(21)28-25)26-10-18(37-14(3)32)22(39-16(5)34)19(38-15(4)33)11-36-13(2)31/h10,18-19,22H,6-9,11H2,1-5H3,(H,27,28,35)/b26-10+/t18-,19-,22+/m1/s1. The van der Waals surface area contributed by atoms with E-state index >= 15 is 0 Å². The Morgan fingerprint density at radius 1 is 0.975 bits per heavy atom. The summed E-state index contributed by atoms with van der Waals surface area (Å²) in [5.74, 6) is -4.00. The molecule has 0 aliphatic heterocycles. The number of nitrogens with one attached hydrogen (secondary N) is 1. The molecule has 0 unspecified atom stereocenters. The van der Waals surface area contributed by atoms with E-state index in [4.69, 9.17) is 18.9 Å². The van der Waals surface area contributed by atoms with Gasteiger partial charge in [-0.2, -0.15) is 10.1 Å². The van der Waals surface area contributed by atoms with Gasteiger partial charge in [0.15, 0.2) is 18.3 Å². The Bertz CT molecular complexity index is 1400. The van der Waals surface area contributed by atoms with Crippen LogP contribution < -0.4 is 10.6 Å². The number of esters is 4. The number of thiophene rings is 1. The molecule has 1 amide bonds. The van der Waals surface area contributed by atoms with Crippen molar-refractivity contribution in [3.63, 3.8) is 0 Å². The molecule has 2 heterocycles. The molecular weight excluding hydrogens is 548 g/mol. The summed E-state index contributed by atoms with van der Waals surface area (Å²) in [6, 6.07) is 0. The second-order valence-corrected chi connectivity index (χ2v) is 10.1. The molecule has 1 aliphatic carbocycles. The molecule has 0 aromatic carbocycles. The molecule has 0 spiro atoms. The first-order valence-electron chi connectivity index (χ1n) is 12.4. The van der Waals surface area contributed by atoms with Gasteiger partial charge in [-0.3, -0.25) is 33.8 Å². The van der Waals surface area contributed by atoms with Crippen LogP contribution in [0.15, 0.2) is 9.90 Å². The molecular formula is C25H30N4O10S. The fraction of sp³-hybridized carbons (Fsp3) is 0.520. The maximum atomic E-state index is 13.0. The molecule has 0 saturated carbocycles. The molecule has 3 atom stereocenters. The van der Waals surface area contributed by atoms with E-state index in [1.807, 2.05) is 0 Å². The summed E-state index contributed by atoms with van der Waals surface area (Å²) < 4.78 is 20.7. The Morgan fingerprint density at radius 2 is 1.62 bits per heavy atom. The minimum atomic E-state index is -1.53. The highest BCUT2D eigenvalue weighted by atomic mass is 32.1. The third-order valence-electron chi connectivity index (χ3n) is 5.70. The number of fused-ring (bicyclic) bond motifs is 3. The van der Waals surface area contributed by atoms with Crippen LogP contribution in [0.1, 0.15) is 57.9 Å². The van der Waals surface area contributed by atoms with E-state index in [1.165, 1.54) is 18.3 Å². The monoisotopic (exact) mass is 578 g/mol. The molecule has 2 aromatic rings. The quantitative estimate of drug-likeness (QED) is 0.187. The highest BCUT2D eigenvalue weighted by Gasteiger charge is 2.37. The maximum Gasteiger partial charge on any atom is 0.303 e. The van der Waals surface area contributed by atoms with Crippen LogP contribution in [-0.2, 0) is 55.8 Å². The van der Waals surface area contributed by atoms with Gasteiger partial charge in [0.25, 0.3) is 5.56 Å². The molecule has 216 valence electrons. The molecule has 1 aliphatic rings. The summed E-state index contributed by atoms with van der Waals surface area (Å²) >= 11 is 1.38. The van der Waals surface area contributed by atoms with E-state index in [0.717, 1.165) is 75.0 Å². The normalized spacial score (nSPS) is 15.0. The summed E-state index contributed by atoms with van der Waals surface area (Å²) in [7, 11) is 0. The van der Waals surface area contributed by atoms with Crippen LogP contribution in [0.3, 0.4) is 0 Å². The van der Waals surface area contributed by atoms with Crippen LogP contribution in [0.25, 0.3) is 10.2 Å². The highest BCUT2D eigenvalue weighted by Crippen LogP contribution is 2.34. The van der Waals surface area contributed by atoms with E-state index in [2.05, 4.69) is 15.1 Å². The van der Waals surface area contributed by atoms with Crippen LogP contribution in [0.4, 0.5) is 5.95 Å². The smallest absolute Gasteiger partial charge is 0.303 e. The summed E-state index contributed by atoms with van der Waals surface area (Å²) in [5, 5.41) is 5.35. The lowest BCUT2D eigenvalue weighted by atomic mass is 9.97. The van der Waals surface area contributed by atoms with Crippen molar-refractivity contribution in [3.8, 4) is 0 Å². The largest absolute Gasteiger partial charge is 0.462 e. The lowest BCUT2D eigenvalue weighted by molar-refractivity contribution is -0.183. The Balaban J connectivity index is 2.03. The summed E-state index contributed by atoms with van der Waals surface area (Å²) in [4.78, 5) is 81.1. The summed E-state index contributed by atoms with van der Waals surface area (Å²) in [6.45, 7) is 4.98. The Labute approximate surface area is 232 Å². The number of anilines is 1.